The SMILES string of the molecule is CCn1ccc(=O)c2c(O)c(OCc3ccc(OC)cc3)ccc21. The zero-order valence-corrected chi connectivity index (χ0v) is 13.7. The fraction of sp³-hybridized carbons (Fsp3) is 0.211. The first-order chi connectivity index (χ1) is 11.6. The first-order valence-electron chi connectivity index (χ1n) is 7.75. The second kappa shape index (κ2) is 6.66. The molecule has 24 heavy (non-hydrogen) atoms. The molecule has 0 bridgehead atoms. The Bertz CT molecular complexity index is 913. The van der Waals surface area contributed by atoms with E-state index >= 15 is 0 Å². The summed E-state index contributed by atoms with van der Waals surface area (Å²) in [6, 6.07) is 12.4. The number of ether oxygens (including phenoxy) is 2. The minimum absolute atomic E-state index is 0.117. The summed E-state index contributed by atoms with van der Waals surface area (Å²) >= 11 is 0. The fourth-order valence-corrected chi connectivity index (χ4v) is 2.64. The third-order valence-electron chi connectivity index (χ3n) is 3.97. The number of nitrogens with zero attached hydrogens (tertiary/aromatic N) is 1. The molecule has 0 aliphatic carbocycles. The number of pyridine rings is 1. The third kappa shape index (κ3) is 2.93. The van der Waals surface area contributed by atoms with Crippen molar-refractivity contribution in [1.82, 2.24) is 4.57 Å². The smallest absolute Gasteiger partial charge is 0.193 e. The van der Waals surface area contributed by atoms with Crippen LogP contribution in [0.2, 0.25) is 0 Å². The Morgan fingerprint density at radius 3 is 2.50 bits per heavy atom. The van der Waals surface area contributed by atoms with Gasteiger partial charge in [0, 0.05) is 18.8 Å². The lowest BCUT2D eigenvalue weighted by Gasteiger charge is -2.13. The zero-order chi connectivity index (χ0) is 17.1. The van der Waals surface area contributed by atoms with Gasteiger partial charge in [-0.1, -0.05) is 12.1 Å². The maximum Gasteiger partial charge on any atom is 0.193 e. The van der Waals surface area contributed by atoms with Gasteiger partial charge in [0.1, 0.15) is 12.4 Å². The zero-order valence-electron chi connectivity index (χ0n) is 13.7. The highest BCUT2D eigenvalue weighted by Crippen LogP contribution is 2.33. The van der Waals surface area contributed by atoms with E-state index in [1.165, 1.54) is 6.07 Å². The van der Waals surface area contributed by atoms with Crippen LogP contribution < -0.4 is 14.9 Å². The second-order valence-corrected chi connectivity index (χ2v) is 5.41. The summed E-state index contributed by atoms with van der Waals surface area (Å²) in [5.74, 6) is 0.950. The van der Waals surface area contributed by atoms with Gasteiger partial charge in [-0.05, 0) is 36.8 Å². The Labute approximate surface area is 139 Å². The molecule has 0 aliphatic heterocycles. The Balaban J connectivity index is 1.91. The molecule has 0 fully saturated rings. The van der Waals surface area contributed by atoms with Crippen molar-refractivity contribution in [2.75, 3.05) is 7.11 Å². The van der Waals surface area contributed by atoms with Gasteiger partial charge >= 0.3 is 0 Å². The Morgan fingerprint density at radius 2 is 1.83 bits per heavy atom. The van der Waals surface area contributed by atoms with Gasteiger partial charge in [0.25, 0.3) is 0 Å². The van der Waals surface area contributed by atoms with Gasteiger partial charge in [0.15, 0.2) is 16.9 Å². The number of aryl methyl sites for hydroxylation is 1. The molecule has 1 N–H and O–H groups in total. The van der Waals surface area contributed by atoms with E-state index in [1.807, 2.05) is 35.8 Å². The molecular weight excluding hydrogens is 306 g/mol. The number of aromatic hydroxyl groups is 1. The van der Waals surface area contributed by atoms with Gasteiger partial charge in [-0.3, -0.25) is 4.79 Å². The van der Waals surface area contributed by atoms with Crippen LogP contribution in [0.4, 0.5) is 0 Å². The van der Waals surface area contributed by atoms with Crippen molar-refractivity contribution in [3.8, 4) is 17.2 Å². The number of benzene rings is 2. The summed E-state index contributed by atoms with van der Waals surface area (Å²) in [7, 11) is 1.61. The van der Waals surface area contributed by atoms with Crippen molar-refractivity contribution in [2.24, 2.45) is 0 Å². The van der Waals surface area contributed by atoms with Gasteiger partial charge < -0.3 is 19.1 Å². The lowest BCUT2D eigenvalue weighted by atomic mass is 10.1. The topological polar surface area (TPSA) is 60.7 Å². The molecule has 0 saturated carbocycles. The summed E-state index contributed by atoms with van der Waals surface area (Å²) < 4.78 is 12.7. The highest BCUT2D eigenvalue weighted by atomic mass is 16.5. The Morgan fingerprint density at radius 1 is 1.08 bits per heavy atom. The lowest BCUT2D eigenvalue weighted by molar-refractivity contribution is 0.290. The fourth-order valence-electron chi connectivity index (χ4n) is 2.64. The van der Waals surface area contributed by atoms with Gasteiger partial charge in [-0.2, -0.15) is 0 Å². The van der Waals surface area contributed by atoms with Crippen LogP contribution in [0.15, 0.2) is 53.5 Å². The van der Waals surface area contributed by atoms with Gasteiger partial charge in [-0.25, -0.2) is 0 Å². The van der Waals surface area contributed by atoms with Crippen LogP contribution in [0.1, 0.15) is 12.5 Å². The number of rotatable bonds is 5. The summed E-state index contributed by atoms with van der Waals surface area (Å²) in [5, 5.41) is 10.7. The van der Waals surface area contributed by atoms with Crippen LogP contribution in [-0.2, 0) is 13.2 Å². The van der Waals surface area contributed by atoms with E-state index in [4.69, 9.17) is 9.47 Å². The molecule has 0 amide bonds. The molecule has 2 aromatic carbocycles. The minimum atomic E-state index is -0.220. The molecule has 1 heterocycles. The molecule has 0 aliphatic rings. The third-order valence-corrected chi connectivity index (χ3v) is 3.97. The maximum absolute atomic E-state index is 12.1. The number of fused-ring (bicyclic) bond motifs is 1. The van der Waals surface area contributed by atoms with Crippen LogP contribution in [0.3, 0.4) is 0 Å². The van der Waals surface area contributed by atoms with Crippen LogP contribution in [0.25, 0.3) is 10.9 Å². The molecule has 1 aromatic heterocycles. The van der Waals surface area contributed by atoms with E-state index in [0.29, 0.717) is 17.8 Å². The maximum atomic E-state index is 12.1. The number of methoxy groups -OCH3 is 1. The van der Waals surface area contributed by atoms with Crippen molar-refractivity contribution < 1.29 is 14.6 Å². The minimum Gasteiger partial charge on any atom is -0.504 e. The molecule has 0 radical (unpaired) electrons. The van der Waals surface area contributed by atoms with Crippen LogP contribution in [-0.4, -0.2) is 16.8 Å². The highest BCUT2D eigenvalue weighted by Gasteiger charge is 2.12. The predicted molar refractivity (Wildman–Crippen MR) is 92.9 cm³/mol. The molecule has 3 aromatic rings. The van der Waals surface area contributed by atoms with Crippen molar-refractivity contribution in [1.29, 1.82) is 0 Å². The molecule has 0 unspecified atom stereocenters. The van der Waals surface area contributed by atoms with Crippen molar-refractivity contribution >= 4 is 10.9 Å². The normalized spacial score (nSPS) is 10.8. The summed E-state index contributed by atoms with van der Waals surface area (Å²) in [6.45, 7) is 2.98. The van der Waals surface area contributed by atoms with E-state index in [0.717, 1.165) is 11.3 Å². The summed E-state index contributed by atoms with van der Waals surface area (Å²) in [5.41, 5.74) is 1.41. The van der Waals surface area contributed by atoms with Gasteiger partial charge in [-0.15, -0.1) is 0 Å². The van der Waals surface area contributed by atoms with Crippen molar-refractivity contribution in [2.45, 2.75) is 20.1 Å². The van der Waals surface area contributed by atoms with Crippen LogP contribution >= 0.6 is 0 Å². The molecule has 5 heteroatoms. The predicted octanol–water partition coefficient (Wildman–Crippen LogP) is 3.31. The quantitative estimate of drug-likeness (QED) is 0.782. The van der Waals surface area contributed by atoms with E-state index in [2.05, 4.69) is 0 Å². The molecule has 3 rings (SSSR count). The van der Waals surface area contributed by atoms with Crippen LogP contribution in [0.5, 0.6) is 17.2 Å². The average molecular weight is 325 g/mol. The Hall–Kier alpha value is -2.95. The van der Waals surface area contributed by atoms with E-state index in [-0.39, 0.29) is 23.2 Å². The first-order valence-corrected chi connectivity index (χ1v) is 7.75. The monoisotopic (exact) mass is 325 g/mol. The van der Waals surface area contributed by atoms with Gasteiger partial charge in [0.05, 0.1) is 18.0 Å². The molecular formula is C19H19NO4. The molecule has 0 saturated heterocycles. The largest absolute Gasteiger partial charge is 0.504 e. The highest BCUT2D eigenvalue weighted by molar-refractivity contribution is 5.87. The molecule has 5 nitrogen and oxygen atoms in total. The average Bonchev–Trinajstić information content (AvgIpc) is 2.62. The number of phenolic OH excluding ortho intramolecular Hbond substituents is 1. The number of hydrogen-bond acceptors (Lipinski definition) is 4. The molecule has 0 spiro atoms. The number of hydrogen-bond donors (Lipinski definition) is 1. The molecule has 0 atom stereocenters. The van der Waals surface area contributed by atoms with Crippen molar-refractivity contribution in [3.05, 3.63) is 64.4 Å². The van der Waals surface area contributed by atoms with Gasteiger partial charge in [0.2, 0.25) is 0 Å². The standard InChI is InChI=1S/C19H19NO4/c1-3-20-11-10-16(21)18-15(20)8-9-17(19(18)22)24-12-13-4-6-14(23-2)7-5-13/h4-11,22H,3,12H2,1-2H3. The second-order valence-electron chi connectivity index (χ2n) is 5.41. The van der Waals surface area contributed by atoms with Crippen molar-refractivity contribution in [3.63, 3.8) is 0 Å². The first kappa shape index (κ1) is 15.9. The van der Waals surface area contributed by atoms with E-state index < -0.39 is 0 Å². The van der Waals surface area contributed by atoms with E-state index in [9.17, 15) is 9.90 Å². The van der Waals surface area contributed by atoms with E-state index in [1.54, 1.807) is 25.4 Å². The van der Waals surface area contributed by atoms with Crippen LogP contribution in [0, 0.1) is 0 Å². The Kier molecular flexibility index (Phi) is 4.42. The summed E-state index contributed by atoms with van der Waals surface area (Å²) in [4.78, 5) is 12.1. The lowest BCUT2D eigenvalue weighted by Crippen LogP contribution is -2.08. The molecule has 124 valence electrons. The number of aromatic nitrogens is 1. The summed E-state index contributed by atoms with van der Waals surface area (Å²) in [6.07, 6.45) is 1.72. The number of phenols is 1.